The summed E-state index contributed by atoms with van der Waals surface area (Å²) in [6.07, 6.45) is 3.89. The first-order chi connectivity index (χ1) is 8.72. The fourth-order valence-electron chi connectivity index (χ4n) is 2.44. The van der Waals surface area contributed by atoms with E-state index in [2.05, 4.69) is 17.2 Å². The van der Waals surface area contributed by atoms with Crippen LogP contribution in [0.5, 0.6) is 0 Å². The molecule has 18 heavy (non-hydrogen) atoms. The van der Waals surface area contributed by atoms with Crippen molar-refractivity contribution >= 4 is 17.2 Å². The Bertz CT molecular complexity index is 378. The first-order valence-corrected chi connectivity index (χ1v) is 7.52. The molecule has 1 aromatic rings. The highest BCUT2D eigenvalue weighted by atomic mass is 32.1. The lowest BCUT2D eigenvalue weighted by Gasteiger charge is -2.34. The average molecular weight is 267 g/mol. The van der Waals surface area contributed by atoms with Crippen molar-refractivity contribution in [1.29, 1.82) is 0 Å². The van der Waals surface area contributed by atoms with Crippen molar-refractivity contribution in [2.24, 2.45) is 0 Å². The lowest BCUT2D eigenvalue weighted by atomic mass is 10.0. The first kappa shape index (κ1) is 13.5. The van der Waals surface area contributed by atoms with Gasteiger partial charge in [-0.05, 0) is 19.4 Å². The van der Waals surface area contributed by atoms with Gasteiger partial charge in [0.25, 0.3) is 0 Å². The SMILES string of the molecule is CCNC1CCCN(CC(C)c2nccs2)C1=O. The van der Waals surface area contributed by atoms with E-state index in [1.54, 1.807) is 11.3 Å². The molecule has 0 spiro atoms. The standard InChI is InChI=1S/C13H21N3OS/c1-3-14-11-5-4-7-16(13(11)17)9-10(2)12-15-6-8-18-12/h6,8,10-11,14H,3-5,7,9H2,1-2H3. The maximum absolute atomic E-state index is 12.3. The van der Waals surface area contributed by atoms with Gasteiger partial charge in [0.2, 0.25) is 5.91 Å². The third-order valence-electron chi connectivity index (χ3n) is 3.35. The quantitative estimate of drug-likeness (QED) is 0.885. The Balaban J connectivity index is 1.94. The van der Waals surface area contributed by atoms with Crippen LogP contribution in [-0.4, -0.2) is 41.5 Å². The van der Waals surface area contributed by atoms with E-state index in [1.165, 1.54) is 0 Å². The molecule has 1 fully saturated rings. The summed E-state index contributed by atoms with van der Waals surface area (Å²) in [6.45, 7) is 6.71. The number of amides is 1. The summed E-state index contributed by atoms with van der Waals surface area (Å²) in [7, 11) is 0. The zero-order chi connectivity index (χ0) is 13.0. The molecule has 1 aromatic heterocycles. The molecule has 0 bridgehead atoms. The number of piperidine rings is 1. The lowest BCUT2D eigenvalue weighted by molar-refractivity contribution is -0.136. The summed E-state index contributed by atoms with van der Waals surface area (Å²) >= 11 is 1.67. The van der Waals surface area contributed by atoms with Crippen LogP contribution in [0.3, 0.4) is 0 Å². The lowest BCUT2D eigenvalue weighted by Crippen LogP contribution is -2.51. The molecule has 2 unspecified atom stereocenters. The van der Waals surface area contributed by atoms with Crippen molar-refractivity contribution in [2.75, 3.05) is 19.6 Å². The van der Waals surface area contributed by atoms with Crippen LogP contribution in [0.2, 0.25) is 0 Å². The zero-order valence-electron chi connectivity index (χ0n) is 11.1. The van der Waals surface area contributed by atoms with Crippen molar-refractivity contribution in [1.82, 2.24) is 15.2 Å². The van der Waals surface area contributed by atoms with E-state index in [9.17, 15) is 4.79 Å². The first-order valence-electron chi connectivity index (χ1n) is 6.64. The van der Waals surface area contributed by atoms with Gasteiger partial charge in [0.05, 0.1) is 11.0 Å². The molecule has 0 saturated carbocycles. The number of rotatable bonds is 5. The zero-order valence-corrected chi connectivity index (χ0v) is 11.9. The Labute approximate surface area is 112 Å². The van der Waals surface area contributed by atoms with Crippen molar-refractivity contribution < 1.29 is 4.79 Å². The minimum absolute atomic E-state index is 0.0206. The number of likely N-dealkylation sites (N-methyl/N-ethyl adjacent to an activating group) is 1. The van der Waals surface area contributed by atoms with Crippen LogP contribution in [0.4, 0.5) is 0 Å². The normalized spacial score (nSPS) is 22.2. The smallest absolute Gasteiger partial charge is 0.239 e. The minimum Gasteiger partial charge on any atom is -0.341 e. The maximum Gasteiger partial charge on any atom is 0.239 e. The Morgan fingerprint density at radius 2 is 2.50 bits per heavy atom. The van der Waals surface area contributed by atoms with Gasteiger partial charge in [0, 0.05) is 30.6 Å². The molecule has 1 saturated heterocycles. The van der Waals surface area contributed by atoms with Crippen LogP contribution in [0.15, 0.2) is 11.6 Å². The minimum atomic E-state index is 0.0206. The second-order valence-electron chi connectivity index (χ2n) is 4.81. The average Bonchev–Trinajstić information content (AvgIpc) is 2.88. The van der Waals surface area contributed by atoms with E-state index in [0.717, 1.165) is 37.5 Å². The summed E-state index contributed by atoms with van der Waals surface area (Å²) < 4.78 is 0. The van der Waals surface area contributed by atoms with Crippen molar-refractivity contribution in [3.8, 4) is 0 Å². The number of nitrogens with zero attached hydrogens (tertiary/aromatic N) is 2. The molecule has 100 valence electrons. The second-order valence-corrected chi connectivity index (χ2v) is 5.73. The molecule has 0 aliphatic carbocycles. The van der Waals surface area contributed by atoms with Crippen molar-refractivity contribution in [3.05, 3.63) is 16.6 Å². The number of hydrogen-bond donors (Lipinski definition) is 1. The van der Waals surface area contributed by atoms with E-state index in [-0.39, 0.29) is 11.9 Å². The van der Waals surface area contributed by atoms with Gasteiger partial charge in [-0.25, -0.2) is 4.98 Å². The summed E-state index contributed by atoms with van der Waals surface area (Å²) in [4.78, 5) is 18.6. The monoisotopic (exact) mass is 267 g/mol. The van der Waals surface area contributed by atoms with E-state index >= 15 is 0 Å². The second kappa shape index (κ2) is 6.29. The third kappa shape index (κ3) is 3.09. The molecule has 2 heterocycles. The summed E-state index contributed by atoms with van der Waals surface area (Å²) in [5, 5.41) is 6.38. The Morgan fingerprint density at radius 1 is 1.67 bits per heavy atom. The number of thiazole rings is 1. The molecule has 1 aliphatic rings. The molecule has 1 aliphatic heterocycles. The van der Waals surface area contributed by atoms with Gasteiger partial charge in [-0.15, -0.1) is 11.3 Å². The summed E-state index contributed by atoms with van der Waals surface area (Å²) in [6, 6.07) is 0.0206. The van der Waals surface area contributed by atoms with Gasteiger partial charge < -0.3 is 10.2 Å². The highest BCUT2D eigenvalue weighted by Crippen LogP contribution is 2.21. The predicted octanol–water partition coefficient (Wildman–Crippen LogP) is 1.85. The maximum atomic E-state index is 12.3. The summed E-state index contributed by atoms with van der Waals surface area (Å²) in [5.74, 6) is 0.584. The number of carbonyl (C=O) groups is 1. The van der Waals surface area contributed by atoms with Gasteiger partial charge in [0.15, 0.2) is 0 Å². The highest BCUT2D eigenvalue weighted by molar-refractivity contribution is 7.09. The van der Waals surface area contributed by atoms with Crippen LogP contribution < -0.4 is 5.32 Å². The third-order valence-corrected chi connectivity index (χ3v) is 4.36. The van der Waals surface area contributed by atoms with Gasteiger partial charge >= 0.3 is 0 Å². The van der Waals surface area contributed by atoms with Crippen molar-refractivity contribution in [3.63, 3.8) is 0 Å². The fourth-order valence-corrected chi connectivity index (χ4v) is 3.13. The fraction of sp³-hybridized carbons (Fsp3) is 0.692. The number of nitrogens with one attached hydrogen (secondary N) is 1. The molecular weight excluding hydrogens is 246 g/mol. The molecule has 2 rings (SSSR count). The van der Waals surface area contributed by atoms with E-state index in [4.69, 9.17) is 0 Å². The number of likely N-dealkylation sites (tertiary alicyclic amines) is 1. The molecule has 1 amide bonds. The Hall–Kier alpha value is -0.940. The van der Waals surface area contributed by atoms with Crippen molar-refractivity contribution in [2.45, 2.75) is 38.6 Å². The molecule has 1 N–H and O–H groups in total. The molecular formula is C13H21N3OS. The van der Waals surface area contributed by atoms with E-state index in [0.29, 0.717) is 5.92 Å². The van der Waals surface area contributed by atoms with Gasteiger partial charge in [-0.2, -0.15) is 0 Å². The number of hydrogen-bond acceptors (Lipinski definition) is 4. The molecule has 2 atom stereocenters. The van der Waals surface area contributed by atoms with Crippen LogP contribution in [-0.2, 0) is 4.79 Å². The van der Waals surface area contributed by atoms with Crippen LogP contribution in [0.1, 0.15) is 37.6 Å². The Kier molecular flexibility index (Phi) is 4.72. The molecule has 0 radical (unpaired) electrons. The van der Waals surface area contributed by atoms with Gasteiger partial charge in [-0.3, -0.25) is 4.79 Å². The Morgan fingerprint density at radius 3 is 3.17 bits per heavy atom. The summed E-state index contributed by atoms with van der Waals surface area (Å²) in [5.41, 5.74) is 0. The van der Waals surface area contributed by atoms with Crippen LogP contribution in [0, 0.1) is 0 Å². The largest absolute Gasteiger partial charge is 0.341 e. The molecule has 0 aromatic carbocycles. The predicted molar refractivity (Wildman–Crippen MR) is 73.8 cm³/mol. The molecule has 5 heteroatoms. The topological polar surface area (TPSA) is 45.2 Å². The highest BCUT2D eigenvalue weighted by Gasteiger charge is 2.29. The van der Waals surface area contributed by atoms with E-state index < -0.39 is 0 Å². The number of carbonyl (C=O) groups excluding carboxylic acids is 1. The van der Waals surface area contributed by atoms with Crippen LogP contribution >= 0.6 is 11.3 Å². The van der Waals surface area contributed by atoms with Crippen LogP contribution in [0.25, 0.3) is 0 Å². The van der Waals surface area contributed by atoms with Gasteiger partial charge in [-0.1, -0.05) is 13.8 Å². The number of aromatic nitrogens is 1. The van der Waals surface area contributed by atoms with Gasteiger partial charge in [0.1, 0.15) is 0 Å². The van der Waals surface area contributed by atoms with E-state index in [1.807, 2.05) is 23.4 Å². The molecule has 4 nitrogen and oxygen atoms in total.